The summed E-state index contributed by atoms with van der Waals surface area (Å²) < 4.78 is 34.0. The van der Waals surface area contributed by atoms with Crippen molar-refractivity contribution in [3.63, 3.8) is 0 Å². The minimum atomic E-state index is -4.22. The van der Waals surface area contributed by atoms with Crippen LogP contribution in [0.15, 0.2) is 77.7 Å². The summed E-state index contributed by atoms with van der Waals surface area (Å²) in [6.07, 6.45) is 0.315. The van der Waals surface area contributed by atoms with Crippen molar-refractivity contribution in [1.29, 1.82) is 0 Å². The molecule has 11 heteroatoms. The minimum absolute atomic E-state index is 0.0476. The number of benzene rings is 3. The zero-order chi connectivity index (χ0) is 29.4. The van der Waals surface area contributed by atoms with Crippen LogP contribution in [-0.4, -0.2) is 50.9 Å². The van der Waals surface area contributed by atoms with Crippen molar-refractivity contribution < 1.29 is 22.7 Å². The van der Waals surface area contributed by atoms with Crippen molar-refractivity contribution in [1.82, 2.24) is 10.2 Å². The SMILES string of the molecule is CC[C@@H](C(=O)NC(C)C)N(Cc1cccc(OC)c1)C(=O)CN(c1cccc(Cl)c1)S(=O)(=O)c1ccc(Cl)cc1. The van der Waals surface area contributed by atoms with Crippen molar-refractivity contribution >= 4 is 50.7 Å². The van der Waals surface area contributed by atoms with Crippen LogP contribution in [0.2, 0.25) is 10.0 Å². The third-order valence-electron chi connectivity index (χ3n) is 6.08. The molecule has 0 spiro atoms. The van der Waals surface area contributed by atoms with Crippen LogP contribution in [0.5, 0.6) is 5.75 Å². The largest absolute Gasteiger partial charge is 0.497 e. The van der Waals surface area contributed by atoms with Crippen LogP contribution < -0.4 is 14.4 Å². The van der Waals surface area contributed by atoms with Crippen LogP contribution >= 0.6 is 23.2 Å². The molecule has 1 N–H and O–H groups in total. The van der Waals surface area contributed by atoms with Crippen LogP contribution in [0.4, 0.5) is 5.69 Å². The number of halogens is 2. The van der Waals surface area contributed by atoms with Gasteiger partial charge in [-0.15, -0.1) is 0 Å². The molecule has 1 atom stereocenters. The fourth-order valence-electron chi connectivity index (χ4n) is 4.16. The number of hydrogen-bond acceptors (Lipinski definition) is 5. The number of ether oxygens (including phenoxy) is 1. The maximum absolute atomic E-state index is 14.0. The Morgan fingerprint density at radius 3 is 2.23 bits per heavy atom. The van der Waals surface area contributed by atoms with Crippen molar-refractivity contribution in [3.05, 3.63) is 88.4 Å². The summed E-state index contributed by atoms with van der Waals surface area (Å²) in [7, 11) is -2.68. The Labute approximate surface area is 245 Å². The molecule has 0 aromatic heterocycles. The van der Waals surface area contributed by atoms with E-state index in [-0.39, 0.29) is 29.1 Å². The summed E-state index contributed by atoms with van der Waals surface area (Å²) in [5.41, 5.74) is 0.926. The molecule has 3 aromatic carbocycles. The predicted molar refractivity (Wildman–Crippen MR) is 158 cm³/mol. The standard InChI is InChI=1S/C29H33Cl2N3O5S/c1-5-27(29(36)32-20(2)3)33(18-21-8-6-11-25(16-21)39-4)28(35)19-34(24-10-7-9-23(31)17-24)40(37,38)26-14-12-22(30)13-15-26/h6-17,20,27H,5,18-19H2,1-4H3,(H,32,36)/t27-/m0/s1. The van der Waals surface area contributed by atoms with E-state index in [1.165, 1.54) is 42.3 Å². The van der Waals surface area contributed by atoms with E-state index in [1.807, 2.05) is 19.9 Å². The van der Waals surface area contributed by atoms with Gasteiger partial charge in [0.25, 0.3) is 10.0 Å². The van der Waals surface area contributed by atoms with Gasteiger partial charge >= 0.3 is 0 Å². The summed E-state index contributed by atoms with van der Waals surface area (Å²) in [5.74, 6) is -0.301. The summed E-state index contributed by atoms with van der Waals surface area (Å²) in [4.78, 5) is 28.6. The zero-order valence-electron chi connectivity index (χ0n) is 22.8. The number of methoxy groups -OCH3 is 1. The van der Waals surface area contributed by atoms with Gasteiger partial charge in [-0.05, 0) is 80.4 Å². The molecule has 0 aliphatic rings. The van der Waals surface area contributed by atoms with Gasteiger partial charge in [-0.25, -0.2) is 8.42 Å². The molecule has 0 saturated heterocycles. The van der Waals surface area contributed by atoms with E-state index >= 15 is 0 Å². The molecule has 0 aliphatic carbocycles. The lowest BCUT2D eigenvalue weighted by atomic mass is 10.1. The number of nitrogens with zero attached hydrogens (tertiary/aromatic N) is 2. The lowest BCUT2D eigenvalue weighted by Gasteiger charge is -2.33. The molecule has 40 heavy (non-hydrogen) atoms. The normalized spacial score (nSPS) is 12.1. The van der Waals surface area contributed by atoms with Gasteiger partial charge in [-0.3, -0.25) is 13.9 Å². The molecule has 0 bridgehead atoms. The summed E-state index contributed by atoms with van der Waals surface area (Å²) in [6.45, 7) is 4.96. The van der Waals surface area contributed by atoms with Gasteiger partial charge in [0.15, 0.2) is 0 Å². The molecule has 214 valence electrons. The number of amides is 2. The number of sulfonamides is 1. The average Bonchev–Trinajstić information content (AvgIpc) is 2.91. The van der Waals surface area contributed by atoms with Crippen molar-refractivity contribution in [2.75, 3.05) is 18.0 Å². The summed E-state index contributed by atoms with van der Waals surface area (Å²) in [6, 6.07) is 18.1. The Kier molecular flexibility index (Phi) is 10.8. The first-order chi connectivity index (χ1) is 19.0. The van der Waals surface area contributed by atoms with E-state index < -0.39 is 28.5 Å². The van der Waals surface area contributed by atoms with Crippen molar-refractivity contribution in [3.8, 4) is 5.75 Å². The molecule has 0 aliphatic heterocycles. The highest BCUT2D eigenvalue weighted by Gasteiger charge is 2.34. The lowest BCUT2D eigenvalue weighted by molar-refractivity contribution is -0.140. The van der Waals surface area contributed by atoms with Crippen LogP contribution in [0, 0.1) is 0 Å². The number of anilines is 1. The molecule has 0 fully saturated rings. The lowest BCUT2D eigenvalue weighted by Crippen LogP contribution is -2.53. The van der Waals surface area contributed by atoms with Gasteiger partial charge in [-0.1, -0.05) is 48.3 Å². The highest BCUT2D eigenvalue weighted by molar-refractivity contribution is 7.92. The van der Waals surface area contributed by atoms with Gasteiger partial charge in [0, 0.05) is 22.6 Å². The molecule has 0 saturated carbocycles. The van der Waals surface area contributed by atoms with Gasteiger partial charge in [0.05, 0.1) is 17.7 Å². The zero-order valence-corrected chi connectivity index (χ0v) is 25.1. The van der Waals surface area contributed by atoms with E-state index in [2.05, 4.69) is 5.32 Å². The van der Waals surface area contributed by atoms with E-state index in [9.17, 15) is 18.0 Å². The Hall–Kier alpha value is -3.27. The van der Waals surface area contributed by atoms with Gasteiger partial charge < -0.3 is 15.0 Å². The van der Waals surface area contributed by atoms with Gasteiger partial charge in [0.1, 0.15) is 18.3 Å². The second-order valence-corrected chi connectivity index (χ2v) is 12.1. The monoisotopic (exact) mass is 605 g/mol. The summed E-state index contributed by atoms with van der Waals surface area (Å²) >= 11 is 12.2. The topological polar surface area (TPSA) is 96.0 Å². The number of carbonyl (C=O) groups excluding carboxylic acids is 2. The maximum Gasteiger partial charge on any atom is 0.264 e. The number of carbonyl (C=O) groups is 2. The minimum Gasteiger partial charge on any atom is -0.497 e. The van der Waals surface area contributed by atoms with Gasteiger partial charge in [-0.2, -0.15) is 0 Å². The molecule has 0 heterocycles. The third-order valence-corrected chi connectivity index (χ3v) is 8.36. The van der Waals surface area contributed by atoms with Crippen LogP contribution in [0.25, 0.3) is 0 Å². The van der Waals surface area contributed by atoms with E-state index in [1.54, 1.807) is 43.3 Å². The van der Waals surface area contributed by atoms with Crippen LogP contribution in [0.3, 0.4) is 0 Å². The van der Waals surface area contributed by atoms with Crippen molar-refractivity contribution in [2.45, 2.75) is 50.7 Å². The van der Waals surface area contributed by atoms with E-state index in [0.29, 0.717) is 22.2 Å². The predicted octanol–water partition coefficient (Wildman–Crippen LogP) is 5.53. The molecule has 3 rings (SSSR count). The molecular formula is C29H33Cl2N3O5S. The number of hydrogen-bond donors (Lipinski definition) is 1. The highest BCUT2D eigenvalue weighted by Crippen LogP contribution is 2.28. The first-order valence-electron chi connectivity index (χ1n) is 12.7. The maximum atomic E-state index is 14.0. The fourth-order valence-corrected chi connectivity index (χ4v) is 5.88. The second-order valence-electron chi connectivity index (χ2n) is 9.41. The van der Waals surface area contributed by atoms with Crippen LogP contribution in [-0.2, 0) is 26.2 Å². The smallest absolute Gasteiger partial charge is 0.264 e. The molecule has 0 radical (unpaired) electrons. The number of nitrogens with one attached hydrogen (secondary N) is 1. The Bertz CT molecular complexity index is 1430. The van der Waals surface area contributed by atoms with E-state index in [4.69, 9.17) is 27.9 Å². The number of rotatable bonds is 12. The van der Waals surface area contributed by atoms with E-state index in [0.717, 1.165) is 9.87 Å². The summed E-state index contributed by atoms with van der Waals surface area (Å²) in [5, 5.41) is 3.55. The molecular weight excluding hydrogens is 573 g/mol. The Balaban J connectivity index is 2.07. The average molecular weight is 607 g/mol. The first kappa shape index (κ1) is 31.3. The molecule has 8 nitrogen and oxygen atoms in total. The van der Waals surface area contributed by atoms with Crippen LogP contribution in [0.1, 0.15) is 32.8 Å². The Morgan fingerprint density at radius 2 is 1.62 bits per heavy atom. The first-order valence-corrected chi connectivity index (χ1v) is 14.9. The fraction of sp³-hybridized carbons (Fsp3) is 0.310. The molecule has 2 amide bonds. The van der Waals surface area contributed by atoms with Gasteiger partial charge in [0.2, 0.25) is 11.8 Å². The Morgan fingerprint density at radius 1 is 0.950 bits per heavy atom. The second kappa shape index (κ2) is 13.9. The molecule has 0 unspecified atom stereocenters. The quantitative estimate of drug-likeness (QED) is 0.293. The molecule has 3 aromatic rings. The third kappa shape index (κ3) is 7.90. The van der Waals surface area contributed by atoms with Crippen molar-refractivity contribution in [2.24, 2.45) is 0 Å². The highest BCUT2D eigenvalue weighted by atomic mass is 35.5.